The number of rotatable bonds is 4. The molecule has 1 saturated heterocycles. The number of aromatic nitrogens is 2. The third kappa shape index (κ3) is 4.31. The number of hydrogen-bond acceptors (Lipinski definition) is 7. The summed E-state index contributed by atoms with van der Waals surface area (Å²) >= 11 is 6.67. The minimum Gasteiger partial charge on any atom is -0.378 e. The average molecular weight is 457 g/mol. The van der Waals surface area contributed by atoms with Crippen molar-refractivity contribution in [2.75, 3.05) is 11.9 Å². The Hall–Kier alpha value is -3.04. The Labute approximate surface area is 191 Å². The van der Waals surface area contributed by atoms with E-state index < -0.39 is 11.4 Å². The van der Waals surface area contributed by atoms with Crippen LogP contribution in [0.1, 0.15) is 49.0 Å². The van der Waals surface area contributed by atoms with Crippen molar-refractivity contribution < 1.29 is 14.3 Å². The number of guanidine groups is 1. The molecule has 32 heavy (non-hydrogen) atoms. The quantitative estimate of drug-likeness (QED) is 0.729. The van der Waals surface area contributed by atoms with Gasteiger partial charge in [-0.3, -0.25) is 14.5 Å². The van der Waals surface area contributed by atoms with Crippen LogP contribution in [0, 0.1) is 0 Å². The Morgan fingerprint density at radius 2 is 2.09 bits per heavy atom. The monoisotopic (exact) mass is 456 g/mol. The fraction of sp³-hybridized carbons (Fsp3) is 0.409. The van der Waals surface area contributed by atoms with E-state index in [1.807, 2.05) is 13.8 Å². The van der Waals surface area contributed by atoms with Crippen LogP contribution in [0.15, 0.2) is 41.9 Å². The Morgan fingerprint density at radius 1 is 1.34 bits per heavy atom. The maximum absolute atomic E-state index is 13.2. The van der Waals surface area contributed by atoms with Gasteiger partial charge in [-0.15, -0.1) is 0 Å². The number of benzene rings is 1. The van der Waals surface area contributed by atoms with E-state index in [0.717, 1.165) is 0 Å². The number of nitrogens with zero attached hydrogens (tertiary/aromatic N) is 4. The molecule has 4 rings (SSSR count). The van der Waals surface area contributed by atoms with Gasteiger partial charge in [-0.1, -0.05) is 23.7 Å². The first-order valence-corrected chi connectivity index (χ1v) is 10.8. The number of anilines is 1. The third-order valence-corrected chi connectivity index (χ3v) is 6.25. The van der Waals surface area contributed by atoms with Crippen molar-refractivity contribution in [3.8, 4) is 0 Å². The molecular formula is C22H25ClN6O3. The van der Waals surface area contributed by atoms with Crippen molar-refractivity contribution in [1.82, 2.24) is 14.9 Å². The molecule has 3 N–H and O–H groups in total. The molecule has 0 aliphatic carbocycles. The van der Waals surface area contributed by atoms with Crippen LogP contribution in [-0.4, -0.2) is 51.4 Å². The first-order valence-electron chi connectivity index (χ1n) is 10.4. The molecule has 1 aromatic carbocycles. The summed E-state index contributed by atoms with van der Waals surface area (Å²) in [7, 11) is 0. The van der Waals surface area contributed by atoms with Crippen LogP contribution in [0.25, 0.3) is 0 Å². The highest BCUT2D eigenvalue weighted by molar-refractivity contribution is 6.35. The van der Waals surface area contributed by atoms with Gasteiger partial charge in [-0.25, -0.2) is 15.0 Å². The maximum Gasteiger partial charge on any atom is 0.258 e. The molecule has 1 aromatic heterocycles. The van der Waals surface area contributed by atoms with E-state index >= 15 is 0 Å². The number of carbonyl (C=O) groups excluding carboxylic acids is 2. The average Bonchev–Trinajstić information content (AvgIpc) is 2.75. The van der Waals surface area contributed by atoms with Gasteiger partial charge in [0.25, 0.3) is 5.91 Å². The van der Waals surface area contributed by atoms with E-state index in [-0.39, 0.29) is 30.4 Å². The molecule has 10 heteroatoms. The molecule has 1 fully saturated rings. The van der Waals surface area contributed by atoms with Gasteiger partial charge in [0, 0.05) is 30.6 Å². The number of amides is 2. The van der Waals surface area contributed by atoms with E-state index in [1.54, 1.807) is 23.1 Å². The topological polar surface area (TPSA) is 123 Å². The Kier molecular flexibility index (Phi) is 6.12. The van der Waals surface area contributed by atoms with Crippen molar-refractivity contribution in [1.29, 1.82) is 0 Å². The zero-order valence-corrected chi connectivity index (χ0v) is 18.7. The normalized spacial score (nSPS) is 25.9. The second-order valence-electron chi connectivity index (χ2n) is 8.29. The van der Waals surface area contributed by atoms with Crippen LogP contribution < -0.4 is 11.1 Å². The molecule has 0 bridgehead atoms. The third-order valence-electron chi connectivity index (χ3n) is 5.84. The molecule has 0 spiro atoms. The second kappa shape index (κ2) is 8.84. The highest BCUT2D eigenvalue weighted by Gasteiger charge is 2.42. The summed E-state index contributed by atoms with van der Waals surface area (Å²) in [4.78, 5) is 39.7. The van der Waals surface area contributed by atoms with Gasteiger partial charge < -0.3 is 15.8 Å². The van der Waals surface area contributed by atoms with Crippen LogP contribution in [0.3, 0.4) is 0 Å². The lowest BCUT2D eigenvalue weighted by molar-refractivity contribution is -0.133. The summed E-state index contributed by atoms with van der Waals surface area (Å²) in [5.74, 6) is -0.321. The standard InChI is InChI=1S/C22H25ClN6O3/c1-13-8-15(6-7-32-13)29-18(30)9-22(2,28-21(29)24)16-4-3-5-17(19(16)23)27-20(31)14-10-25-12-26-11-14/h3-5,10-13,15H,6-9H2,1-2H3,(H2,24,28)(H,27,31)/t13-,15-,22+/m1/s1. The summed E-state index contributed by atoms with van der Waals surface area (Å²) in [5.41, 5.74) is 6.65. The first kappa shape index (κ1) is 22.2. The second-order valence-corrected chi connectivity index (χ2v) is 8.67. The molecule has 3 atom stereocenters. The molecule has 0 saturated carbocycles. The smallest absolute Gasteiger partial charge is 0.258 e. The lowest BCUT2D eigenvalue weighted by Gasteiger charge is -2.41. The number of hydrogen-bond donors (Lipinski definition) is 2. The van der Waals surface area contributed by atoms with Gasteiger partial charge in [0.1, 0.15) is 6.33 Å². The van der Waals surface area contributed by atoms with Crippen molar-refractivity contribution in [3.05, 3.63) is 53.1 Å². The number of nitrogens with two attached hydrogens (primary N) is 1. The predicted molar refractivity (Wildman–Crippen MR) is 120 cm³/mol. The van der Waals surface area contributed by atoms with Gasteiger partial charge in [-0.05, 0) is 32.8 Å². The van der Waals surface area contributed by atoms with E-state index in [9.17, 15) is 9.59 Å². The van der Waals surface area contributed by atoms with Crippen LogP contribution in [-0.2, 0) is 15.1 Å². The number of halogens is 1. The number of ether oxygens (including phenoxy) is 1. The molecular weight excluding hydrogens is 432 g/mol. The van der Waals surface area contributed by atoms with Crippen LogP contribution in [0.2, 0.25) is 5.02 Å². The minimum atomic E-state index is -0.956. The predicted octanol–water partition coefficient (Wildman–Crippen LogP) is 2.71. The van der Waals surface area contributed by atoms with E-state index in [4.69, 9.17) is 27.1 Å². The molecule has 3 heterocycles. The molecule has 2 amide bonds. The summed E-state index contributed by atoms with van der Waals surface area (Å²) in [6.45, 7) is 4.39. The van der Waals surface area contributed by atoms with Crippen LogP contribution >= 0.6 is 11.6 Å². The Morgan fingerprint density at radius 3 is 2.78 bits per heavy atom. The fourth-order valence-corrected chi connectivity index (χ4v) is 4.64. The number of aliphatic imine (C=N–C) groups is 1. The lowest BCUT2D eigenvalue weighted by atomic mass is 9.86. The van der Waals surface area contributed by atoms with Crippen molar-refractivity contribution in [3.63, 3.8) is 0 Å². The summed E-state index contributed by atoms with van der Waals surface area (Å²) in [5, 5.41) is 3.07. The number of nitrogens with one attached hydrogen (secondary N) is 1. The number of carbonyl (C=O) groups is 2. The largest absolute Gasteiger partial charge is 0.378 e. The van der Waals surface area contributed by atoms with E-state index in [2.05, 4.69) is 15.3 Å². The van der Waals surface area contributed by atoms with E-state index in [1.165, 1.54) is 18.7 Å². The molecule has 0 unspecified atom stereocenters. The fourth-order valence-electron chi connectivity index (χ4n) is 4.26. The summed E-state index contributed by atoms with van der Waals surface area (Å²) in [6.07, 6.45) is 5.78. The SMILES string of the molecule is C[C@@H]1C[C@H](N2C(=O)C[C@@](C)(c3cccc(NC(=O)c4cncnc4)c3Cl)N=C2N)CCO1. The van der Waals surface area contributed by atoms with Gasteiger partial charge in [0.15, 0.2) is 5.96 Å². The van der Waals surface area contributed by atoms with Crippen molar-refractivity contribution >= 4 is 35.1 Å². The summed E-state index contributed by atoms with van der Waals surface area (Å²) in [6, 6.07) is 5.20. The van der Waals surface area contributed by atoms with Gasteiger partial charge >= 0.3 is 0 Å². The highest BCUT2D eigenvalue weighted by Crippen LogP contribution is 2.41. The van der Waals surface area contributed by atoms with Crippen LogP contribution in [0.4, 0.5) is 5.69 Å². The minimum absolute atomic E-state index is 0.0336. The van der Waals surface area contributed by atoms with Gasteiger partial charge in [0.2, 0.25) is 5.91 Å². The molecule has 2 aliphatic heterocycles. The summed E-state index contributed by atoms with van der Waals surface area (Å²) < 4.78 is 5.59. The zero-order chi connectivity index (χ0) is 22.9. The van der Waals surface area contributed by atoms with Gasteiger partial charge in [-0.2, -0.15) is 0 Å². The van der Waals surface area contributed by atoms with Crippen molar-refractivity contribution in [2.45, 2.75) is 50.8 Å². The Balaban J connectivity index is 1.61. The highest BCUT2D eigenvalue weighted by atomic mass is 35.5. The molecule has 9 nitrogen and oxygen atoms in total. The van der Waals surface area contributed by atoms with Crippen molar-refractivity contribution in [2.24, 2.45) is 10.7 Å². The molecule has 2 aliphatic rings. The van der Waals surface area contributed by atoms with E-state index in [0.29, 0.717) is 41.3 Å². The maximum atomic E-state index is 13.2. The lowest BCUT2D eigenvalue weighted by Crippen LogP contribution is -2.56. The molecule has 2 aromatic rings. The Bertz CT molecular complexity index is 1060. The zero-order valence-electron chi connectivity index (χ0n) is 17.9. The first-order chi connectivity index (χ1) is 15.3. The molecule has 0 radical (unpaired) electrons. The molecule has 168 valence electrons. The van der Waals surface area contributed by atoms with Gasteiger partial charge in [0.05, 0.1) is 34.3 Å². The van der Waals surface area contributed by atoms with Crippen LogP contribution in [0.5, 0.6) is 0 Å².